The predicted octanol–water partition coefficient (Wildman–Crippen LogP) is 4.17. The number of hydrogen-bond acceptors (Lipinski definition) is 1. The second-order valence-electron chi connectivity index (χ2n) is 5.09. The molecule has 2 nitrogen and oxygen atoms in total. The Morgan fingerprint density at radius 2 is 1.79 bits per heavy atom. The van der Waals surface area contributed by atoms with Crippen molar-refractivity contribution >= 4 is 10.9 Å². The second kappa shape index (κ2) is 4.16. The second-order valence-corrected chi connectivity index (χ2v) is 5.09. The van der Waals surface area contributed by atoms with Gasteiger partial charge < -0.3 is 9.67 Å². The standard InChI is InChI=1S/C17H17NO/c1-11-5-4-6-13(9-11)17-12(2)18(3)16-8-7-14(19)10-15(16)17/h4-10,19H,1-3H3. The van der Waals surface area contributed by atoms with Gasteiger partial charge in [-0.05, 0) is 37.6 Å². The fourth-order valence-electron chi connectivity index (χ4n) is 2.72. The van der Waals surface area contributed by atoms with Crippen LogP contribution in [0, 0.1) is 13.8 Å². The Bertz CT molecular complexity index is 768. The van der Waals surface area contributed by atoms with Crippen LogP contribution in [0.4, 0.5) is 0 Å². The van der Waals surface area contributed by atoms with Crippen LogP contribution in [0.5, 0.6) is 5.75 Å². The number of aryl methyl sites for hydroxylation is 2. The summed E-state index contributed by atoms with van der Waals surface area (Å²) in [4.78, 5) is 0. The lowest BCUT2D eigenvalue weighted by molar-refractivity contribution is 0.476. The van der Waals surface area contributed by atoms with Crippen molar-refractivity contribution in [1.29, 1.82) is 0 Å². The van der Waals surface area contributed by atoms with Crippen LogP contribution >= 0.6 is 0 Å². The molecular formula is C17H17NO. The Balaban J connectivity index is 2.40. The number of phenols is 1. The Labute approximate surface area is 112 Å². The van der Waals surface area contributed by atoms with Crippen LogP contribution in [0.15, 0.2) is 42.5 Å². The van der Waals surface area contributed by atoms with E-state index in [4.69, 9.17) is 0 Å². The van der Waals surface area contributed by atoms with Crippen molar-refractivity contribution in [3.05, 3.63) is 53.7 Å². The molecule has 0 saturated heterocycles. The van der Waals surface area contributed by atoms with E-state index in [1.165, 1.54) is 22.4 Å². The van der Waals surface area contributed by atoms with Crippen molar-refractivity contribution in [2.24, 2.45) is 7.05 Å². The van der Waals surface area contributed by atoms with Crippen LogP contribution in [0.1, 0.15) is 11.3 Å². The zero-order valence-corrected chi connectivity index (χ0v) is 11.4. The summed E-state index contributed by atoms with van der Waals surface area (Å²) in [6.45, 7) is 4.22. The number of aromatic nitrogens is 1. The number of rotatable bonds is 1. The molecule has 3 aromatic rings. The molecule has 3 rings (SSSR count). The molecule has 0 atom stereocenters. The first-order chi connectivity index (χ1) is 9.08. The van der Waals surface area contributed by atoms with Crippen LogP contribution in [-0.2, 0) is 7.05 Å². The normalized spacial score (nSPS) is 11.1. The van der Waals surface area contributed by atoms with Crippen LogP contribution < -0.4 is 0 Å². The Hall–Kier alpha value is -2.22. The number of benzene rings is 2. The highest BCUT2D eigenvalue weighted by Gasteiger charge is 2.14. The third-order valence-corrected chi connectivity index (χ3v) is 3.78. The first-order valence-electron chi connectivity index (χ1n) is 6.43. The van der Waals surface area contributed by atoms with Gasteiger partial charge in [-0.2, -0.15) is 0 Å². The van der Waals surface area contributed by atoms with E-state index in [9.17, 15) is 5.11 Å². The van der Waals surface area contributed by atoms with Crippen LogP contribution in [0.2, 0.25) is 0 Å². The summed E-state index contributed by atoms with van der Waals surface area (Å²) in [6, 6.07) is 14.0. The van der Waals surface area contributed by atoms with E-state index in [2.05, 4.69) is 49.7 Å². The highest BCUT2D eigenvalue weighted by Crippen LogP contribution is 2.35. The molecule has 0 aliphatic heterocycles. The molecule has 0 unspecified atom stereocenters. The number of hydrogen-bond donors (Lipinski definition) is 1. The summed E-state index contributed by atoms with van der Waals surface area (Å²) in [5, 5.41) is 10.8. The third kappa shape index (κ3) is 1.80. The molecule has 0 bridgehead atoms. The molecule has 19 heavy (non-hydrogen) atoms. The Kier molecular flexibility index (Phi) is 2.59. The van der Waals surface area contributed by atoms with Gasteiger partial charge in [-0.25, -0.2) is 0 Å². The Morgan fingerprint density at radius 3 is 2.53 bits per heavy atom. The molecule has 0 fully saturated rings. The lowest BCUT2D eigenvalue weighted by atomic mass is 10.0. The van der Waals surface area contributed by atoms with Gasteiger partial charge in [-0.1, -0.05) is 29.8 Å². The minimum atomic E-state index is 0.312. The summed E-state index contributed by atoms with van der Waals surface area (Å²) < 4.78 is 2.17. The number of nitrogens with zero attached hydrogens (tertiary/aromatic N) is 1. The minimum Gasteiger partial charge on any atom is -0.508 e. The lowest BCUT2D eigenvalue weighted by Gasteiger charge is -2.04. The van der Waals surface area contributed by atoms with E-state index >= 15 is 0 Å². The van der Waals surface area contributed by atoms with Gasteiger partial charge in [0.05, 0.1) is 0 Å². The van der Waals surface area contributed by atoms with Crippen molar-refractivity contribution in [1.82, 2.24) is 4.57 Å². The maximum atomic E-state index is 9.75. The minimum absolute atomic E-state index is 0.312. The largest absolute Gasteiger partial charge is 0.508 e. The summed E-state index contributed by atoms with van der Waals surface area (Å²) in [6.07, 6.45) is 0. The molecule has 0 amide bonds. The topological polar surface area (TPSA) is 25.2 Å². The molecule has 2 heteroatoms. The van der Waals surface area contributed by atoms with Gasteiger partial charge in [0, 0.05) is 29.2 Å². The highest BCUT2D eigenvalue weighted by atomic mass is 16.3. The molecule has 0 saturated carbocycles. The van der Waals surface area contributed by atoms with Crippen LogP contribution in [0.25, 0.3) is 22.0 Å². The van der Waals surface area contributed by atoms with Gasteiger partial charge in [0.25, 0.3) is 0 Å². The number of fused-ring (bicyclic) bond motifs is 1. The molecule has 1 heterocycles. The summed E-state index contributed by atoms with van der Waals surface area (Å²) >= 11 is 0. The smallest absolute Gasteiger partial charge is 0.116 e. The van der Waals surface area contributed by atoms with E-state index in [0.717, 1.165) is 10.9 Å². The summed E-state index contributed by atoms with van der Waals surface area (Å²) in [5.41, 5.74) is 6.01. The predicted molar refractivity (Wildman–Crippen MR) is 79.5 cm³/mol. The van der Waals surface area contributed by atoms with Gasteiger partial charge >= 0.3 is 0 Å². The monoisotopic (exact) mass is 251 g/mol. The van der Waals surface area contributed by atoms with Gasteiger partial charge in [0.2, 0.25) is 0 Å². The van der Waals surface area contributed by atoms with Crippen molar-refractivity contribution in [2.75, 3.05) is 0 Å². The average Bonchev–Trinajstić information content (AvgIpc) is 2.61. The lowest BCUT2D eigenvalue weighted by Crippen LogP contribution is -1.90. The first kappa shape index (κ1) is 11.8. The van der Waals surface area contributed by atoms with E-state index in [0.29, 0.717) is 5.75 Å². The van der Waals surface area contributed by atoms with E-state index in [1.54, 1.807) is 6.07 Å². The molecular weight excluding hydrogens is 234 g/mol. The van der Waals surface area contributed by atoms with Crippen molar-refractivity contribution < 1.29 is 5.11 Å². The van der Waals surface area contributed by atoms with Crippen molar-refractivity contribution in [2.45, 2.75) is 13.8 Å². The molecule has 0 aliphatic rings. The Morgan fingerprint density at radius 1 is 1.00 bits per heavy atom. The first-order valence-corrected chi connectivity index (χ1v) is 6.43. The van der Waals surface area contributed by atoms with Crippen LogP contribution in [0.3, 0.4) is 0 Å². The van der Waals surface area contributed by atoms with E-state index < -0.39 is 0 Å². The fraction of sp³-hybridized carbons (Fsp3) is 0.176. The fourth-order valence-corrected chi connectivity index (χ4v) is 2.72. The van der Waals surface area contributed by atoms with Crippen LogP contribution in [-0.4, -0.2) is 9.67 Å². The van der Waals surface area contributed by atoms with Gasteiger partial charge in [0.15, 0.2) is 0 Å². The zero-order valence-electron chi connectivity index (χ0n) is 11.4. The van der Waals surface area contributed by atoms with E-state index in [-0.39, 0.29) is 0 Å². The van der Waals surface area contributed by atoms with Crippen molar-refractivity contribution in [3.8, 4) is 16.9 Å². The molecule has 0 radical (unpaired) electrons. The summed E-state index contributed by atoms with van der Waals surface area (Å²) in [7, 11) is 2.06. The average molecular weight is 251 g/mol. The molecule has 0 aliphatic carbocycles. The maximum absolute atomic E-state index is 9.75. The van der Waals surface area contributed by atoms with Crippen molar-refractivity contribution in [3.63, 3.8) is 0 Å². The molecule has 96 valence electrons. The number of aromatic hydroxyl groups is 1. The molecule has 0 spiro atoms. The maximum Gasteiger partial charge on any atom is 0.116 e. The van der Waals surface area contributed by atoms with Gasteiger partial charge in [-0.3, -0.25) is 0 Å². The quantitative estimate of drug-likeness (QED) is 0.690. The zero-order chi connectivity index (χ0) is 13.6. The third-order valence-electron chi connectivity index (χ3n) is 3.78. The number of phenolic OH excluding ortho intramolecular Hbond substituents is 1. The molecule has 2 aromatic carbocycles. The molecule has 1 aromatic heterocycles. The van der Waals surface area contributed by atoms with Gasteiger partial charge in [0.1, 0.15) is 5.75 Å². The van der Waals surface area contributed by atoms with Gasteiger partial charge in [-0.15, -0.1) is 0 Å². The highest BCUT2D eigenvalue weighted by molar-refractivity contribution is 5.98. The molecule has 1 N–H and O–H groups in total. The van der Waals surface area contributed by atoms with E-state index in [1.807, 2.05) is 12.1 Å². The summed E-state index contributed by atoms with van der Waals surface area (Å²) in [5.74, 6) is 0.312. The SMILES string of the molecule is Cc1cccc(-c2c(C)n(C)c3ccc(O)cc23)c1.